The third-order valence-electron chi connectivity index (χ3n) is 10.6. The summed E-state index contributed by atoms with van der Waals surface area (Å²) < 4.78 is 33.0. The number of pyridine rings is 1. The van der Waals surface area contributed by atoms with Gasteiger partial charge in [-0.05, 0) is 64.6 Å². The number of aromatic nitrogens is 2. The summed E-state index contributed by atoms with van der Waals surface area (Å²) >= 11 is 0. The fourth-order valence-corrected chi connectivity index (χ4v) is 7.76. The van der Waals surface area contributed by atoms with Crippen LogP contribution in [0.4, 0.5) is 5.69 Å². The monoisotopic (exact) mass is 881 g/mol. The van der Waals surface area contributed by atoms with E-state index in [2.05, 4.69) is 115 Å². The van der Waals surface area contributed by atoms with Crippen LogP contribution in [0.15, 0.2) is 152 Å². The Labute approximate surface area is 334 Å². The van der Waals surface area contributed by atoms with Gasteiger partial charge in [-0.3, -0.25) is 0 Å². The minimum absolute atomic E-state index is 0. The molecule has 2 aliphatic heterocycles. The quantitative estimate of drug-likeness (QED) is 0.156. The molecule has 5 nitrogen and oxygen atoms in total. The average Bonchev–Trinajstić information content (AvgIpc) is 3.82. The zero-order valence-electron chi connectivity index (χ0n) is 32.5. The van der Waals surface area contributed by atoms with Crippen molar-refractivity contribution >= 4 is 33.2 Å². The summed E-state index contributed by atoms with van der Waals surface area (Å²) in [6, 6.07) is 54.8. The Morgan fingerprint density at radius 1 is 0.685 bits per heavy atom. The number of hydrogen-bond acceptors (Lipinski definition) is 4. The Balaban J connectivity index is 0.00000422. The van der Waals surface area contributed by atoms with Gasteiger partial charge >= 0.3 is 0 Å². The van der Waals surface area contributed by atoms with Gasteiger partial charge in [0, 0.05) is 59.5 Å². The molecule has 0 saturated carbocycles. The Morgan fingerprint density at radius 2 is 1.43 bits per heavy atom. The normalized spacial score (nSPS) is 14.3. The Bertz CT molecular complexity index is 2850. The van der Waals surface area contributed by atoms with Crippen molar-refractivity contribution in [2.24, 2.45) is 0 Å². The summed E-state index contributed by atoms with van der Waals surface area (Å²) in [5.41, 5.74) is 10.6. The van der Waals surface area contributed by atoms with Crippen molar-refractivity contribution < 1.29 is 29.9 Å². The molecule has 54 heavy (non-hydrogen) atoms. The number of anilines is 1. The van der Waals surface area contributed by atoms with Crippen molar-refractivity contribution in [3.8, 4) is 39.6 Å². The van der Waals surface area contributed by atoms with Gasteiger partial charge in [-0.1, -0.05) is 128 Å². The van der Waals surface area contributed by atoms with Crippen LogP contribution in [0, 0.1) is 18.8 Å². The van der Waals surface area contributed by atoms with Gasteiger partial charge in [0.2, 0.25) is 0 Å². The van der Waals surface area contributed by atoms with Gasteiger partial charge in [0.05, 0.1) is 0 Å². The van der Waals surface area contributed by atoms with Crippen LogP contribution in [0.2, 0.25) is 0 Å². The molecule has 2 aromatic heterocycles. The molecule has 4 heterocycles. The maximum atomic E-state index is 8.07. The maximum absolute atomic E-state index is 8.07. The molecule has 266 valence electrons. The number of nitrogens with zero attached hydrogens (tertiary/aromatic N) is 4. The molecular formula is C48H35N4OPt-3. The minimum atomic E-state index is -2.33. The minimum Gasteiger partial charge on any atom is -0.510 e. The van der Waals surface area contributed by atoms with Crippen molar-refractivity contribution in [1.82, 2.24) is 14.5 Å². The van der Waals surface area contributed by atoms with E-state index in [1.165, 1.54) is 10.5 Å². The molecule has 0 amide bonds. The van der Waals surface area contributed by atoms with Crippen LogP contribution in [0.1, 0.15) is 34.7 Å². The fourth-order valence-electron chi connectivity index (χ4n) is 7.76. The predicted octanol–water partition coefficient (Wildman–Crippen LogP) is 11.4. The second-order valence-corrected chi connectivity index (χ2v) is 14.1. The summed E-state index contributed by atoms with van der Waals surface area (Å²) in [7, 11) is 0. The molecule has 8 aromatic rings. The molecule has 0 unspecified atom stereocenters. The number of fused-ring (bicyclic) bond motifs is 9. The first-order valence-corrected chi connectivity index (χ1v) is 17.7. The molecule has 0 N–H and O–H groups in total. The van der Waals surface area contributed by atoms with Crippen molar-refractivity contribution in [2.75, 3.05) is 11.9 Å². The van der Waals surface area contributed by atoms with E-state index >= 15 is 0 Å². The fraction of sp³-hybridized carbons (Fsp3) is 0.0833. The molecule has 6 aromatic carbocycles. The van der Waals surface area contributed by atoms with E-state index in [1.54, 1.807) is 12.9 Å². The average molecular weight is 882 g/mol. The summed E-state index contributed by atoms with van der Waals surface area (Å²) in [5.74, 6) is 1.79. The summed E-state index contributed by atoms with van der Waals surface area (Å²) in [4.78, 5) is 8.09. The summed E-state index contributed by atoms with van der Waals surface area (Å²) in [5, 5.41) is 2.11. The molecular weight excluding hydrogens is 844 g/mol. The van der Waals surface area contributed by atoms with Gasteiger partial charge < -0.3 is 19.1 Å². The second-order valence-electron chi connectivity index (χ2n) is 14.1. The van der Waals surface area contributed by atoms with E-state index in [0.29, 0.717) is 17.2 Å². The first kappa shape index (κ1) is 30.5. The summed E-state index contributed by atoms with van der Waals surface area (Å²) in [6.45, 7) is 3.76. The molecule has 6 heteroatoms. The van der Waals surface area contributed by atoms with Crippen molar-refractivity contribution in [2.45, 2.75) is 19.3 Å². The summed E-state index contributed by atoms with van der Waals surface area (Å²) in [6.07, 6.45) is 3.56. The number of benzene rings is 6. The van der Waals surface area contributed by atoms with E-state index < -0.39 is 6.98 Å². The van der Waals surface area contributed by atoms with Gasteiger partial charge in [0.1, 0.15) is 5.82 Å². The Morgan fingerprint density at radius 3 is 2.24 bits per heavy atom. The van der Waals surface area contributed by atoms with Crippen molar-refractivity contribution in [3.63, 3.8) is 0 Å². The number of hydrogen-bond donors (Lipinski definition) is 0. The van der Waals surface area contributed by atoms with Crippen LogP contribution in [-0.4, -0.2) is 21.4 Å². The molecule has 0 aliphatic carbocycles. The van der Waals surface area contributed by atoms with E-state index in [1.807, 2.05) is 65.7 Å². The zero-order valence-corrected chi connectivity index (χ0v) is 31.8. The first-order chi connectivity index (χ1) is 27.1. The molecule has 0 fully saturated rings. The second kappa shape index (κ2) is 13.2. The largest absolute Gasteiger partial charge is 0.510 e. The molecule has 10 rings (SSSR count). The van der Waals surface area contributed by atoms with Crippen LogP contribution in [0.25, 0.3) is 55.6 Å². The van der Waals surface area contributed by atoms with Crippen LogP contribution in [-0.2, 0) is 26.5 Å². The van der Waals surface area contributed by atoms with Gasteiger partial charge in [-0.15, -0.1) is 35.2 Å². The number of ether oxygens (including phenoxy) is 1. The van der Waals surface area contributed by atoms with Crippen LogP contribution in [0.5, 0.6) is 11.5 Å². The van der Waals surface area contributed by atoms with E-state index in [9.17, 15) is 0 Å². The molecule has 0 spiro atoms. The van der Waals surface area contributed by atoms with E-state index in [4.69, 9.17) is 13.8 Å². The smallest absolute Gasteiger partial charge is 0.135 e. The topological polar surface area (TPSA) is 33.5 Å². The van der Waals surface area contributed by atoms with E-state index in [-0.39, 0.29) is 26.5 Å². The van der Waals surface area contributed by atoms with E-state index in [0.717, 1.165) is 66.7 Å². The third-order valence-corrected chi connectivity index (χ3v) is 10.6. The SMILES string of the molecule is [2H]C([2H])([2H])N1C=C2c3ccccc3-c3ccc(Oc4[c-]c5c(cc4)c4cc(-c6ccccc6)ccc4n5-c4cc(C(C)(C)c5ccccc5)ccn4)[c-]c3N2[CH-]1.[Pt]. The van der Waals surface area contributed by atoms with Gasteiger partial charge in [-0.2, -0.15) is 18.8 Å². The molecule has 0 radical (unpaired) electrons. The molecule has 2 aliphatic rings. The zero-order chi connectivity index (χ0) is 38.2. The molecule has 0 atom stereocenters. The Kier molecular flexibility index (Phi) is 7.46. The van der Waals surface area contributed by atoms with Gasteiger partial charge in [0.25, 0.3) is 0 Å². The molecule has 0 bridgehead atoms. The number of rotatable bonds is 6. The standard InChI is InChI=1S/C48H35N4O.Pt/c1-48(2,34-14-8-5-9-15-34)35-24-25-49-47(27-35)52-43-23-18-33(32-12-6-4-7-13-32)26-42(43)41-22-20-37(29-45(41)52)53-36-19-21-40-38-16-10-11-17-39(38)46-30-50(3)31-51(46)44(40)28-36;/h4-27,30-31H,1-3H3;/q-3;/i3D3;. The van der Waals surface area contributed by atoms with Crippen LogP contribution < -0.4 is 9.64 Å². The first-order valence-electron chi connectivity index (χ1n) is 19.2. The third kappa shape index (κ3) is 5.54. The van der Waals surface area contributed by atoms with Crippen LogP contribution in [0.3, 0.4) is 0 Å². The predicted molar refractivity (Wildman–Crippen MR) is 215 cm³/mol. The van der Waals surface area contributed by atoms with Crippen molar-refractivity contribution in [1.29, 1.82) is 0 Å². The van der Waals surface area contributed by atoms with Gasteiger partial charge in [-0.25, -0.2) is 4.98 Å². The Hall–Kier alpha value is -5.90. The van der Waals surface area contributed by atoms with Crippen LogP contribution >= 0.6 is 0 Å². The van der Waals surface area contributed by atoms with Gasteiger partial charge in [0.15, 0.2) is 0 Å². The molecule has 0 saturated heterocycles. The maximum Gasteiger partial charge on any atom is 0.135 e. The van der Waals surface area contributed by atoms with Crippen molar-refractivity contribution in [3.05, 3.63) is 187 Å².